The van der Waals surface area contributed by atoms with Gasteiger partial charge in [-0.2, -0.15) is 0 Å². The SMILES string of the molecule is CCCOc1ccc(C(=O)NCCN(CC)CC)cc1-c1nc(CC)c(CC)c(=O)[nH]1. The number of aromatic amines is 1. The van der Waals surface area contributed by atoms with E-state index < -0.39 is 0 Å². The van der Waals surface area contributed by atoms with Crippen LogP contribution in [0.3, 0.4) is 0 Å². The standard InChI is InChI=1S/C24H36N4O3/c1-6-15-31-21-12-11-17(23(29)25-13-14-28(9-4)10-5)16-19(21)22-26-20(8-3)18(7-2)24(30)27-22/h11-12,16H,6-10,13-15H2,1-5H3,(H,25,29)(H,26,27,30). The van der Waals surface area contributed by atoms with Gasteiger partial charge in [0.2, 0.25) is 0 Å². The molecule has 31 heavy (non-hydrogen) atoms. The molecule has 7 nitrogen and oxygen atoms in total. The Morgan fingerprint density at radius 1 is 1.13 bits per heavy atom. The minimum Gasteiger partial charge on any atom is -0.493 e. The van der Waals surface area contributed by atoms with Gasteiger partial charge in [0.15, 0.2) is 0 Å². The van der Waals surface area contributed by atoms with Gasteiger partial charge in [0.05, 0.1) is 17.9 Å². The molecule has 0 saturated carbocycles. The van der Waals surface area contributed by atoms with E-state index in [2.05, 4.69) is 29.0 Å². The smallest absolute Gasteiger partial charge is 0.254 e. The molecule has 0 bridgehead atoms. The average Bonchev–Trinajstić information content (AvgIpc) is 2.79. The first kappa shape index (κ1) is 24.6. The maximum atomic E-state index is 12.7. The molecule has 0 aliphatic heterocycles. The van der Waals surface area contributed by atoms with E-state index in [-0.39, 0.29) is 11.5 Å². The summed E-state index contributed by atoms with van der Waals surface area (Å²) in [7, 11) is 0. The number of rotatable bonds is 12. The van der Waals surface area contributed by atoms with Crippen molar-refractivity contribution in [1.29, 1.82) is 0 Å². The van der Waals surface area contributed by atoms with Crippen molar-refractivity contribution in [3.63, 3.8) is 0 Å². The number of hydrogen-bond donors (Lipinski definition) is 2. The number of aryl methyl sites for hydroxylation is 1. The number of amides is 1. The molecular weight excluding hydrogens is 392 g/mol. The topological polar surface area (TPSA) is 87.3 Å². The van der Waals surface area contributed by atoms with Crippen molar-refractivity contribution in [3.8, 4) is 17.1 Å². The van der Waals surface area contributed by atoms with Crippen LogP contribution in [0, 0.1) is 0 Å². The molecule has 1 aromatic heterocycles. The van der Waals surface area contributed by atoms with Crippen LogP contribution in [0.15, 0.2) is 23.0 Å². The van der Waals surface area contributed by atoms with E-state index in [0.29, 0.717) is 54.3 Å². The van der Waals surface area contributed by atoms with Crippen molar-refractivity contribution in [2.45, 2.75) is 53.9 Å². The lowest BCUT2D eigenvalue weighted by molar-refractivity contribution is 0.0949. The molecule has 0 atom stereocenters. The summed E-state index contributed by atoms with van der Waals surface area (Å²) in [5.41, 5.74) is 2.47. The number of carbonyl (C=O) groups excluding carboxylic acids is 1. The second kappa shape index (κ2) is 12.2. The lowest BCUT2D eigenvalue weighted by Gasteiger charge is -2.18. The van der Waals surface area contributed by atoms with E-state index in [1.807, 2.05) is 20.8 Å². The molecule has 1 heterocycles. The highest BCUT2D eigenvalue weighted by Crippen LogP contribution is 2.29. The van der Waals surface area contributed by atoms with E-state index in [9.17, 15) is 9.59 Å². The third-order valence-corrected chi connectivity index (χ3v) is 5.36. The summed E-state index contributed by atoms with van der Waals surface area (Å²) in [6, 6.07) is 5.28. The van der Waals surface area contributed by atoms with Gasteiger partial charge >= 0.3 is 0 Å². The average molecular weight is 429 g/mol. The second-order valence-electron chi connectivity index (χ2n) is 7.39. The molecule has 0 fully saturated rings. The number of benzene rings is 1. The summed E-state index contributed by atoms with van der Waals surface area (Å²) in [5, 5.41) is 2.98. The molecule has 0 spiro atoms. The number of aromatic nitrogens is 2. The summed E-state index contributed by atoms with van der Waals surface area (Å²) in [6.07, 6.45) is 2.14. The van der Waals surface area contributed by atoms with Gasteiger partial charge < -0.3 is 19.9 Å². The normalized spacial score (nSPS) is 11.0. The van der Waals surface area contributed by atoms with E-state index in [1.54, 1.807) is 18.2 Å². The quantitative estimate of drug-likeness (QED) is 0.541. The molecule has 0 saturated heterocycles. The number of nitrogens with one attached hydrogen (secondary N) is 2. The zero-order valence-electron chi connectivity index (χ0n) is 19.5. The minimum absolute atomic E-state index is 0.139. The molecule has 7 heteroatoms. The fourth-order valence-electron chi connectivity index (χ4n) is 3.49. The van der Waals surface area contributed by atoms with Crippen molar-refractivity contribution < 1.29 is 9.53 Å². The van der Waals surface area contributed by atoms with E-state index in [0.717, 1.165) is 31.7 Å². The minimum atomic E-state index is -0.154. The van der Waals surface area contributed by atoms with Gasteiger partial charge in [-0.15, -0.1) is 0 Å². The number of nitrogens with zero attached hydrogens (tertiary/aromatic N) is 2. The van der Waals surface area contributed by atoms with Crippen LogP contribution in [0.4, 0.5) is 0 Å². The van der Waals surface area contributed by atoms with Crippen molar-refractivity contribution in [1.82, 2.24) is 20.2 Å². The monoisotopic (exact) mass is 428 g/mol. The Bertz CT molecular complexity index is 920. The fourth-order valence-corrected chi connectivity index (χ4v) is 3.49. The van der Waals surface area contributed by atoms with Crippen LogP contribution >= 0.6 is 0 Å². The molecule has 2 N–H and O–H groups in total. The molecule has 2 aromatic rings. The highest BCUT2D eigenvalue weighted by atomic mass is 16.5. The van der Waals surface area contributed by atoms with Crippen molar-refractivity contribution in [2.24, 2.45) is 0 Å². The first-order chi connectivity index (χ1) is 15.0. The first-order valence-corrected chi connectivity index (χ1v) is 11.4. The van der Waals surface area contributed by atoms with Crippen molar-refractivity contribution in [3.05, 3.63) is 45.4 Å². The van der Waals surface area contributed by atoms with E-state index >= 15 is 0 Å². The maximum absolute atomic E-state index is 12.7. The Morgan fingerprint density at radius 3 is 2.48 bits per heavy atom. The predicted molar refractivity (Wildman–Crippen MR) is 125 cm³/mol. The summed E-state index contributed by atoms with van der Waals surface area (Å²) in [5.74, 6) is 0.887. The maximum Gasteiger partial charge on any atom is 0.254 e. The second-order valence-corrected chi connectivity index (χ2v) is 7.39. The van der Waals surface area contributed by atoms with E-state index in [4.69, 9.17) is 9.72 Å². The molecule has 2 rings (SSSR count). The van der Waals surface area contributed by atoms with E-state index in [1.165, 1.54) is 0 Å². The third kappa shape index (κ3) is 6.40. The van der Waals surface area contributed by atoms with Crippen LogP contribution in [0.5, 0.6) is 5.75 Å². The van der Waals surface area contributed by atoms with Crippen LogP contribution in [-0.4, -0.2) is 53.6 Å². The summed E-state index contributed by atoms with van der Waals surface area (Å²) in [6.45, 7) is 14.0. The zero-order valence-corrected chi connectivity index (χ0v) is 19.5. The molecular formula is C24H36N4O3. The highest BCUT2D eigenvalue weighted by Gasteiger charge is 2.17. The van der Waals surface area contributed by atoms with Crippen LogP contribution in [-0.2, 0) is 12.8 Å². The first-order valence-electron chi connectivity index (χ1n) is 11.4. The fraction of sp³-hybridized carbons (Fsp3) is 0.542. The highest BCUT2D eigenvalue weighted by molar-refractivity contribution is 5.95. The van der Waals surface area contributed by atoms with Crippen LogP contribution in [0.25, 0.3) is 11.4 Å². The van der Waals surface area contributed by atoms with Crippen LogP contribution < -0.4 is 15.6 Å². The van der Waals surface area contributed by atoms with Gasteiger partial charge in [-0.3, -0.25) is 9.59 Å². The Labute approximate surface area is 185 Å². The van der Waals surface area contributed by atoms with Gasteiger partial charge in [-0.1, -0.05) is 34.6 Å². The predicted octanol–water partition coefficient (Wildman–Crippen LogP) is 3.42. The molecule has 0 aliphatic carbocycles. The lowest BCUT2D eigenvalue weighted by atomic mass is 10.1. The summed E-state index contributed by atoms with van der Waals surface area (Å²) < 4.78 is 5.89. The Morgan fingerprint density at radius 2 is 1.87 bits per heavy atom. The third-order valence-electron chi connectivity index (χ3n) is 5.36. The van der Waals surface area contributed by atoms with Gasteiger partial charge in [0.25, 0.3) is 11.5 Å². The Kier molecular flexibility index (Phi) is 9.72. The van der Waals surface area contributed by atoms with Crippen molar-refractivity contribution in [2.75, 3.05) is 32.8 Å². The lowest BCUT2D eigenvalue weighted by Crippen LogP contribution is -2.34. The van der Waals surface area contributed by atoms with Crippen molar-refractivity contribution >= 4 is 5.91 Å². The van der Waals surface area contributed by atoms with Crippen LogP contribution in [0.2, 0.25) is 0 Å². The number of ether oxygens (including phenoxy) is 1. The zero-order chi connectivity index (χ0) is 22.8. The largest absolute Gasteiger partial charge is 0.493 e. The summed E-state index contributed by atoms with van der Waals surface area (Å²) in [4.78, 5) is 35.2. The number of hydrogen-bond acceptors (Lipinski definition) is 5. The van der Waals surface area contributed by atoms with Gasteiger partial charge in [-0.25, -0.2) is 4.98 Å². The van der Waals surface area contributed by atoms with Gasteiger partial charge in [-0.05, 0) is 50.6 Å². The van der Waals surface area contributed by atoms with Gasteiger partial charge in [0.1, 0.15) is 11.6 Å². The molecule has 170 valence electrons. The number of H-pyrrole nitrogens is 1. The molecule has 1 aromatic carbocycles. The molecule has 0 radical (unpaired) electrons. The summed E-state index contributed by atoms with van der Waals surface area (Å²) >= 11 is 0. The molecule has 0 aliphatic rings. The Hall–Kier alpha value is -2.67. The molecule has 1 amide bonds. The number of likely N-dealkylation sites (N-methyl/N-ethyl adjacent to an activating group) is 1. The van der Waals surface area contributed by atoms with Crippen LogP contribution in [0.1, 0.15) is 62.7 Å². The number of carbonyl (C=O) groups is 1. The molecule has 0 unspecified atom stereocenters. The van der Waals surface area contributed by atoms with Gasteiger partial charge in [0, 0.05) is 24.2 Å². The Balaban J connectivity index is 2.37.